The average molecular weight is 474 g/mol. The second kappa shape index (κ2) is 8.53. The molecule has 2 aliphatic heterocycles. The average Bonchev–Trinajstić information content (AvgIpc) is 3.30. The molecule has 34 heavy (non-hydrogen) atoms. The first-order valence-electron chi connectivity index (χ1n) is 10.8. The van der Waals surface area contributed by atoms with Crippen LogP contribution in [-0.2, 0) is 19.3 Å². The Morgan fingerprint density at radius 2 is 1.85 bits per heavy atom. The Balaban J connectivity index is 1.50. The van der Waals surface area contributed by atoms with E-state index in [1.54, 1.807) is 36.3 Å². The van der Waals surface area contributed by atoms with Gasteiger partial charge in [0.2, 0.25) is 16.7 Å². The molecular weight excluding hydrogens is 450 g/mol. The molecule has 1 fully saturated rings. The van der Waals surface area contributed by atoms with Gasteiger partial charge < -0.3 is 10.1 Å². The molecule has 1 spiro atoms. The van der Waals surface area contributed by atoms with Crippen molar-refractivity contribution in [3.05, 3.63) is 83.9 Å². The molecule has 2 aliphatic rings. The number of carbonyl (C=O) groups excluding carboxylic acids is 3. The fourth-order valence-electron chi connectivity index (χ4n) is 4.52. The molecule has 2 heterocycles. The van der Waals surface area contributed by atoms with Gasteiger partial charge in [0.05, 0.1) is 18.6 Å². The highest BCUT2D eigenvalue weighted by atomic mass is 32.2. The highest BCUT2D eigenvalue weighted by Gasteiger charge is 2.61. The van der Waals surface area contributed by atoms with E-state index in [9.17, 15) is 14.4 Å². The van der Waals surface area contributed by atoms with Crippen LogP contribution in [0.15, 0.2) is 72.8 Å². The van der Waals surface area contributed by atoms with Crippen LogP contribution in [-0.4, -0.2) is 37.1 Å². The van der Waals surface area contributed by atoms with Crippen molar-refractivity contribution in [1.82, 2.24) is 0 Å². The zero-order valence-corrected chi connectivity index (χ0v) is 19.6. The third-order valence-electron chi connectivity index (χ3n) is 5.98. The zero-order valence-electron chi connectivity index (χ0n) is 18.8. The standard InChI is InChI=1S/C26H23N3O4S/c1-17-7-5-9-19(13-17)29-24(31)16-34-26(29)21-11-3-4-12-22(21)28(25(26)32)15-23(30)27-18-8-6-10-20(14-18)33-2/h3-14H,15-16H2,1-2H3,(H,27,30). The molecule has 0 aliphatic carbocycles. The first kappa shape index (κ1) is 22.0. The number of para-hydroxylation sites is 1. The highest BCUT2D eigenvalue weighted by molar-refractivity contribution is 8.02. The number of methoxy groups -OCH3 is 1. The molecule has 0 bridgehead atoms. The maximum Gasteiger partial charge on any atom is 0.269 e. The topological polar surface area (TPSA) is 79.0 Å². The van der Waals surface area contributed by atoms with E-state index >= 15 is 0 Å². The van der Waals surface area contributed by atoms with Gasteiger partial charge in [0, 0.05) is 23.0 Å². The van der Waals surface area contributed by atoms with E-state index in [2.05, 4.69) is 5.32 Å². The van der Waals surface area contributed by atoms with Crippen LogP contribution >= 0.6 is 11.8 Å². The van der Waals surface area contributed by atoms with Crippen molar-refractivity contribution >= 4 is 46.5 Å². The van der Waals surface area contributed by atoms with Gasteiger partial charge >= 0.3 is 0 Å². The number of carbonyl (C=O) groups is 3. The number of fused-ring (bicyclic) bond motifs is 2. The Morgan fingerprint density at radius 1 is 1.06 bits per heavy atom. The Labute approximate surface area is 201 Å². The number of hydrogen-bond donors (Lipinski definition) is 1. The first-order valence-corrected chi connectivity index (χ1v) is 11.8. The SMILES string of the molecule is COc1cccc(NC(=O)CN2C(=O)C3(SCC(=O)N3c3cccc(C)c3)c3ccccc32)c1. The summed E-state index contributed by atoms with van der Waals surface area (Å²) in [4.78, 5) is 41.9. The highest BCUT2D eigenvalue weighted by Crippen LogP contribution is 2.55. The molecule has 1 atom stereocenters. The number of nitrogens with zero attached hydrogens (tertiary/aromatic N) is 2. The second-order valence-electron chi connectivity index (χ2n) is 8.19. The van der Waals surface area contributed by atoms with E-state index in [4.69, 9.17) is 4.74 Å². The summed E-state index contributed by atoms with van der Waals surface area (Å²) in [6, 6.07) is 22.0. The fraction of sp³-hybridized carbons (Fsp3) is 0.192. The molecule has 0 aromatic heterocycles. The van der Waals surface area contributed by atoms with Crippen molar-refractivity contribution in [2.75, 3.05) is 34.5 Å². The lowest BCUT2D eigenvalue weighted by Crippen LogP contribution is -2.50. The fourth-order valence-corrected chi connectivity index (χ4v) is 5.88. The van der Waals surface area contributed by atoms with Gasteiger partial charge in [0.15, 0.2) is 0 Å². The van der Waals surface area contributed by atoms with Crippen molar-refractivity contribution in [2.24, 2.45) is 0 Å². The summed E-state index contributed by atoms with van der Waals surface area (Å²) in [6.45, 7) is 1.77. The molecule has 1 unspecified atom stereocenters. The largest absolute Gasteiger partial charge is 0.497 e. The van der Waals surface area contributed by atoms with Crippen LogP contribution in [0.4, 0.5) is 17.1 Å². The summed E-state index contributed by atoms with van der Waals surface area (Å²) in [7, 11) is 1.56. The van der Waals surface area contributed by atoms with Crippen molar-refractivity contribution < 1.29 is 19.1 Å². The number of amides is 3. The van der Waals surface area contributed by atoms with Crippen LogP contribution in [0.2, 0.25) is 0 Å². The van der Waals surface area contributed by atoms with Gasteiger partial charge in [-0.15, -0.1) is 11.8 Å². The van der Waals surface area contributed by atoms with Gasteiger partial charge in [0.25, 0.3) is 5.91 Å². The first-order chi connectivity index (χ1) is 16.4. The maximum atomic E-state index is 14.0. The minimum Gasteiger partial charge on any atom is -0.497 e. The van der Waals surface area contributed by atoms with E-state index in [0.717, 1.165) is 5.56 Å². The van der Waals surface area contributed by atoms with E-state index < -0.39 is 4.87 Å². The van der Waals surface area contributed by atoms with Gasteiger partial charge in [-0.2, -0.15) is 0 Å². The molecule has 3 amide bonds. The second-order valence-corrected chi connectivity index (χ2v) is 9.36. The third-order valence-corrected chi connectivity index (χ3v) is 7.37. The minimum atomic E-state index is -1.24. The van der Waals surface area contributed by atoms with Crippen LogP contribution in [0.5, 0.6) is 5.75 Å². The van der Waals surface area contributed by atoms with E-state index in [0.29, 0.717) is 28.4 Å². The normalized spacial score (nSPS) is 19.0. The molecule has 7 nitrogen and oxygen atoms in total. The molecule has 172 valence electrons. The number of nitrogens with one attached hydrogen (secondary N) is 1. The molecule has 1 N–H and O–H groups in total. The summed E-state index contributed by atoms with van der Waals surface area (Å²) in [5.41, 5.74) is 3.58. The zero-order chi connectivity index (χ0) is 23.9. The third kappa shape index (κ3) is 3.51. The number of aryl methyl sites for hydroxylation is 1. The van der Waals surface area contributed by atoms with Crippen LogP contribution in [0, 0.1) is 6.92 Å². The number of anilines is 3. The van der Waals surface area contributed by atoms with Gasteiger partial charge in [-0.3, -0.25) is 24.2 Å². The van der Waals surface area contributed by atoms with Gasteiger partial charge in [-0.25, -0.2) is 0 Å². The van der Waals surface area contributed by atoms with Gasteiger partial charge in [0.1, 0.15) is 12.3 Å². The maximum absolute atomic E-state index is 14.0. The summed E-state index contributed by atoms with van der Waals surface area (Å²) in [6.07, 6.45) is 0. The molecule has 8 heteroatoms. The molecule has 0 radical (unpaired) electrons. The number of benzene rings is 3. The molecule has 1 saturated heterocycles. The molecule has 3 aromatic carbocycles. The van der Waals surface area contributed by atoms with E-state index in [1.165, 1.54) is 16.7 Å². The molecular formula is C26H23N3O4S. The quantitative estimate of drug-likeness (QED) is 0.608. The Morgan fingerprint density at radius 3 is 2.65 bits per heavy atom. The summed E-state index contributed by atoms with van der Waals surface area (Å²) in [5, 5.41) is 2.83. The summed E-state index contributed by atoms with van der Waals surface area (Å²) >= 11 is 1.30. The number of ether oxygens (including phenoxy) is 1. The van der Waals surface area contributed by atoms with Crippen LogP contribution in [0.1, 0.15) is 11.1 Å². The number of thioether (sulfide) groups is 1. The monoisotopic (exact) mass is 473 g/mol. The predicted molar refractivity (Wildman–Crippen MR) is 133 cm³/mol. The lowest BCUT2D eigenvalue weighted by atomic mass is 10.0. The summed E-state index contributed by atoms with van der Waals surface area (Å²) in [5.74, 6) is 0.0184. The lowest BCUT2D eigenvalue weighted by molar-refractivity contribution is -0.124. The van der Waals surface area contributed by atoms with Crippen molar-refractivity contribution in [3.8, 4) is 5.75 Å². The van der Waals surface area contributed by atoms with Gasteiger partial charge in [-0.05, 0) is 42.8 Å². The Kier molecular flexibility index (Phi) is 5.53. The lowest BCUT2D eigenvalue weighted by Gasteiger charge is -2.33. The minimum absolute atomic E-state index is 0.138. The van der Waals surface area contributed by atoms with Gasteiger partial charge in [-0.1, -0.05) is 36.4 Å². The molecule has 0 saturated carbocycles. The molecule has 5 rings (SSSR count). The van der Waals surface area contributed by atoms with Crippen LogP contribution in [0.25, 0.3) is 0 Å². The van der Waals surface area contributed by atoms with Crippen LogP contribution < -0.4 is 19.9 Å². The smallest absolute Gasteiger partial charge is 0.269 e. The van der Waals surface area contributed by atoms with Crippen molar-refractivity contribution in [2.45, 2.75) is 11.8 Å². The predicted octanol–water partition coefficient (Wildman–Crippen LogP) is 3.92. The number of hydrogen-bond acceptors (Lipinski definition) is 5. The van der Waals surface area contributed by atoms with Crippen molar-refractivity contribution in [3.63, 3.8) is 0 Å². The van der Waals surface area contributed by atoms with E-state index in [-0.39, 0.29) is 30.0 Å². The number of rotatable bonds is 5. The molecule has 3 aromatic rings. The van der Waals surface area contributed by atoms with Crippen molar-refractivity contribution in [1.29, 1.82) is 0 Å². The van der Waals surface area contributed by atoms with E-state index in [1.807, 2.05) is 55.5 Å². The summed E-state index contributed by atoms with van der Waals surface area (Å²) < 4.78 is 5.21. The Bertz CT molecular complexity index is 1310. The Hall–Kier alpha value is -3.78. The van der Waals surface area contributed by atoms with Crippen LogP contribution in [0.3, 0.4) is 0 Å².